The Balaban J connectivity index is 0.0000112. The van der Waals surface area contributed by atoms with E-state index in [1.807, 2.05) is 0 Å². The van der Waals surface area contributed by atoms with Crippen LogP contribution in [0.5, 0.6) is 0 Å². The minimum Gasteiger partial charge on any atom is -0.860 e. The van der Waals surface area contributed by atoms with E-state index in [-0.39, 0.29) is 93.7 Å². The van der Waals surface area contributed by atoms with E-state index in [9.17, 15) is 76.0 Å². The number of amides is 2. The van der Waals surface area contributed by atoms with E-state index < -0.39 is 147 Å². The summed E-state index contributed by atoms with van der Waals surface area (Å²) in [5.41, 5.74) is -0.879. The average Bonchev–Trinajstić information content (AvgIpc) is 3.19. The SMILES string of the molecule is O=C(NCC1O[C@@H](OCC2O[C@@H](OCC(O)[C@H](O)C(O)[C@H](O)/C([O-])=N/PP)[C@H](O)C(O[C@@H]3OC(CNC(=O)PP)[C@H](O)C(O)[C@H]3O)[C@H]2O)[C@H](O)C(O)[C@H]1O)PP.[V].[V].[V]. The molecule has 2 amide bonds. The molecule has 24 nitrogen and oxygen atoms in total. The third-order valence-electron chi connectivity index (χ3n) is 8.81. The maximum absolute atomic E-state index is 11.9. The van der Waals surface area contributed by atoms with E-state index >= 15 is 0 Å². The number of nitrogens with zero attached hydrogens (tertiary/aromatic N) is 1. The predicted octanol–water partition coefficient (Wildman–Crippen LogP) is -7.60. The van der Waals surface area contributed by atoms with Crippen molar-refractivity contribution in [3.63, 3.8) is 0 Å². The van der Waals surface area contributed by atoms with E-state index in [4.69, 9.17) is 28.4 Å². The van der Waals surface area contributed by atoms with Crippen molar-refractivity contribution >= 4 is 68.9 Å². The van der Waals surface area contributed by atoms with Crippen LogP contribution in [0.3, 0.4) is 0 Å². The van der Waals surface area contributed by atoms with Crippen LogP contribution in [-0.2, 0) is 84.1 Å². The first-order valence-electron chi connectivity index (χ1n) is 16.6. The van der Waals surface area contributed by atoms with Gasteiger partial charge in [-0.15, -0.1) is 17.9 Å². The standard InChI is InChI=1S/C26H51N3O21P6.3V/c30-5(9(31)13(35)16(38)21(42)29-56-53)3-45-23-19(41)20(50-24-18(40)15(37)11(33)7(48-24)2-28-26(44)55-52)12(34)8(49-23)4-46-22-17(39)14(36)10(32)6(47-22)1-27-25(43)54-51;;;/h5-20,22-24,30-41,54-56H,1-4,51-53H2,(H,27,43)(H,28,44)(H,29,42);;;/p-1/t5?,6?,7?,8?,9-,10-,11-,12-,13?,14?,15?,16-,17+,18+,19+,20?,22+,23+,24-;;;/m0.../s1. The summed E-state index contributed by atoms with van der Waals surface area (Å²) in [6, 6.07) is 0. The molecule has 0 bridgehead atoms. The molecular formula is C26H50N3O21P6V3-. The first kappa shape index (κ1) is 61.0. The van der Waals surface area contributed by atoms with Crippen molar-refractivity contribution < 1.29 is 160 Å². The molecule has 0 spiro atoms. The minimum atomic E-state index is -2.25. The van der Waals surface area contributed by atoms with Gasteiger partial charge >= 0.3 is 0 Å². The zero-order valence-electron chi connectivity index (χ0n) is 30.4. The topological polar surface area (TPSA) is 392 Å². The van der Waals surface area contributed by atoms with Gasteiger partial charge in [-0.25, -0.2) is 0 Å². The third kappa shape index (κ3) is 17.0. The van der Waals surface area contributed by atoms with Crippen molar-refractivity contribution in [1.82, 2.24) is 10.6 Å². The van der Waals surface area contributed by atoms with Gasteiger partial charge in [-0.1, -0.05) is 8.93 Å². The van der Waals surface area contributed by atoms with Gasteiger partial charge in [0.25, 0.3) is 0 Å². The monoisotopic (exact) mass is 1080 g/mol. The summed E-state index contributed by atoms with van der Waals surface area (Å²) in [7, 11) is 5.65. The molecule has 14 unspecified atom stereocenters. The Morgan fingerprint density at radius 1 is 0.644 bits per heavy atom. The number of aliphatic hydroxyl groups excluding tert-OH is 12. The molecule has 3 aliphatic heterocycles. The Kier molecular flexibility index (Phi) is 30.6. The second-order valence-electron chi connectivity index (χ2n) is 12.6. The first-order valence-corrected chi connectivity index (χ1v) is 25.0. The second-order valence-corrected chi connectivity index (χ2v) is 17.1. The molecule has 33 heteroatoms. The molecule has 3 fully saturated rings. The van der Waals surface area contributed by atoms with Crippen molar-refractivity contribution in [2.24, 2.45) is 4.76 Å². The summed E-state index contributed by atoms with van der Waals surface area (Å²) in [6.45, 7) is -2.43. The van der Waals surface area contributed by atoms with Crippen molar-refractivity contribution in [3.8, 4) is 0 Å². The molecule has 3 aliphatic rings. The summed E-state index contributed by atoms with van der Waals surface area (Å²) in [5, 5.41) is 144. The molecule has 0 aliphatic carbocycles. The van der Waals surface area contributed by atoms with Gasteiger partial charge in [0.1, 0.15) is 97.7 Å². The maximum Gasteiger partial charge on any atom is 0.241 e. The Morgan fingerprint density at radius 3 is 1.59 bits per heavy atom. The van der Waals surface area contributed by atoms with Gasteiger partial charge in [0.05, 0.1) is 13.2 Å². The summed E-state index contributed by atoms with van der Waals surface area (Å²) >= 11 is 0. The molecule has 3 radical (unpaired) electrons. The van der Waals surface area contributed by atoms with Gasteiger partial charge in [-0.2, -0.15) is 0 Å². The van der Waals surface area contributed by atoms with Gasteiger partial charge in [0.15, 0.2) is 18.9 Å². The fourth-order valence-electron chi connectivity index (χ4n) is 5.57. The summed E-state index contributed by atoms with van der Waals surface area (Å²) in [5.74, 6) is -1.19. The van der Waals surface area contributed by atoms with Crippen molar-refractivity contribution in [3.05, 3.63) is 0 Å². The largest absolute Gasteiger partial charge is 0.860 e. The van der Waals surface area contributed by atoms with E-state index in [1.54, 1.807) is 0 Å². The fraction of sp³-hybridized carbons (Fsp3) is 0.885. The number of carbonyl (C=O) groups is 2. The normalized spacial score (nSPS) is 37.6. The van der Waals surface area contributed by atoms with Crippen LogP contribution in [0.2, 0.25) is 0 Å². The van der Waals surface area contributed by atoms with Crippen LogP contribution in [0, 0.1) is 0 Å². The maximum atomic E-state index is 11.9. The minimum absolute atomic E-state index is 0. The molecule has 25 atom stereocenters. The van der Waals surface area contributed by atoms with Crippen LogP contribution in [-0.4, -0.2) is 221 Å². The summed E-state index contributed by atoms with van der Waals surface area (Å²) in [6.07, 6.45) is -35.7. The Morgan fingerprint density at radius 2 is 1.10 bits per heavy atom. The second kappa shape index (κ2) is 29.6. The van der Waals surface area contributed by atoms with Crippen LogP contribution in [0.15, 0.2) is 4.76 Å². The molecule has 3 saturated heterocycles. The number of hydrogen-bond donors (Lipinski definition) is 14. The van der Waals surface area contributed by atoms with Crippen LogP contribution < -0.4 is 15.7 Å². The van der Waals surface area contributed by atoms with E-state index in [1.165, 1.54) is 0 Å². The smallest absolute Gasteiger partial charge is 0.241 e. The van der Waals surface area contributed by atoms with Crippen molar-refractivity contribution in [2.75, 3.05) is 26.3 Å². The van der Waals surface area contributed by atoms with Crippen LogP contribution >= 0.6 is 51.7 Å². The van der Waals surface area contributed by atoms with Gasteiger partial charge in [0, 0.05) is 77.2 Å². The van der Waals surface area contributed by atoms with Gasteiger partial charge < -0.3 is 105 Å². The van der Waals surface area contributed by atoms with Crippen LogP contribution in [0.4, 0.5) is 9.59 Å². The van der Waals surface area contributed by atoms with Gasteiger partial charge in [-0.3, -0.25) is 14.4 Å². The summed E-state index contributed by atoms with van der Waals surface area (Å²) in [4.78, 5) is 23.6. The zero-order valence-corrected chi connectivity index (χ0v) is 41.0. The predicted molar refractivity (Wildman–Crippen MR) is 203 cm³/mol. The Bertz CT molecular complexity index is 1290. The van der Waals surface area contributed by atoms with Crippen LogP contribution in [0.1, 0.15) is 0 Å². The number of carbonyl (C=O) groups excluding carboxylic acids is 2. The quantitative estimate of drug-likeness (QED) is 0.0325. The molecule has 3 rings (SSSR count). The molecule has 14 N–H and O–H groups in total. The molecule has 3 heterocycles. The number of hydrogen-bond acceptors (Lipinski definition) is 22. The number of nitrogens with one attached hydrogen (secondary N) is 2. The molecular weight excluding hydrogens is 1030 g/mol. The van der Waals surface area contributed by atoms with Crippen molar-refractivity contribution in [2.45, 2.75) is 117 Å². The Labute approximate surface area is 385 Å². The van der Waals surface area contributed by atoms with Crippen molar-refractivity contribution in [1.29, 1.82) is 0 Å². The molecule has 0 aromatic heterocycles. The molecule has 0 aromatic rings. The molecule has 0 saturated carbocycles. The number of rotatable bonds is 19. The van der Waals surface area contributed by atoms with Crippen LogP contribution in [0.25, 0.3) is 0 Å². The molecule has 341 valence electrons. The van der Waals surface area contributed by atoms with E-state index in [0.717, 1.165) is 0 Å². The summed E-state index contributed by atoms with van der Waals surface area (Å²) < 4.78 is 36.9. The molecule has 0 aromatic carbocycles. The number of ether oxygens (including phenoxy) is 6. The Hall–Kier alpha value is 2.02. The van der Waals surface area contributed by atoms with Gasteiger partial charge in [-0.05, 0) is 22.4 Å². The first-order chi connectivity index (χ1) is 26.4. The van der Waals surface area contributed by atoms with E-state index in [2.05, 4.69) is 42.2 Å². The third-order valence-corrected chi connectivity index (χ3v) is 12.0. The zero-order chi connectivity index (χ0) is 42.0. The fourth-order valence-corrected chi connectivity index (χ4v) is 7.24. The number of aliphatic hydroxyl groups is 12. The molecule has 59 heavy (non-hydrogen) atoms. The average molecular weight is 1080 g/mol. The van der Waals surface area contributed by atoms with Gasteiger partial charge in [0.2, 0.25) is 11.3 Å². The van der Waals surface area contributed by atoms with E-state index in [0.29, 0.717) is 0 Å².